The number of likely N-dealkylation sites (tertiary alicyclic amines) is 1. The molecule has 2 aromatic rings. The number of aliphatic carboxylic acids is 1. The van der Waals surface area contributed by atoms with Crippen molar-refractivity contribution >= 4 is 94.7 Å². The average Bonchev–Trinajstić information content (AvgIpc) is 1.74. The Labute approximate surface area is 682 Å². The topological polar surface area (TPSA) is 568 Å². The molecule has 0 aromatic heterocycles. The Morgan fingerprint density at radius 1 is 0.632 bits per heavy atom. The second-order valence-corrected chi connectivity index (χ2v) is 30.6. The van der Waals surface area contributed by atoms with Gasteiger partial charge in [-0.05, 0) is 86.0 Å². The number of nitrogens with two attached hydrogens (primary N) is 2. The van der Waals surface area contributed by atoms with E-state index in [9.17, 15) is 87.2 Å². The van der Waals surface area contributed by atoms with Crippen LogP contribution in [0.5, 0.6) is 0 Å². The van der Waals surface area contributed by atoms with Gasteiger partial charge in [0.2, 0.25) is 70.9 Å². The minimum absolute atomic E-state index is 0.0256. The van der Waals surface area contributed by atoms with E-state index in [2.05, 4.69) is 53.2 Å². The second-order valence-electron chi connectivity index (χ2n) is 30.6. The van der Waals surface area contributed by atoms with E-state index >= 15 is 0 Å². The second kappa shape index (κ2) is 49.1. The first-order valence-electron chi connectivity index (χ1n) is 39.4. The molecule has 4 rings (SSSR count). The Morgan fingerprint density at radius 3 is 1.77 bits per heavy atom. The van der Waals surface area contributed by atoms with Crippen LogP contribution in [-0.4, -0.2) is 283 Å². The summed E-state index contributed by atoms with van der Waals surface area (Å²) in [5.41, 5.74) is 12.8. The van der Waals surface area contributed by atoms with Gasteiger partial charge in [-0.1, -0.05) is 111 Å². The number of carboxylic acid groups (broad SMARTS) is 1. The van der Waals surface area contributed by atoms with Gasteiger partial charge in [-0.2, -0.15) is 0 Å². The lowest BCUT2D eigenvalue weighted by Crippen LogP contribution is -2.60. The normalized spacial score (nSPS) is 18.9. The first-order chi connectivity index (χ1) is 55.2. The predicted molar refractivity (Wildman–Crippen MR) is 424 cm³/mol. The number of likely N-dealkylation sites (N-methyl/N-ethyl adjacent to an activating group) is 2. The molecule has 39 heteroatoms. The van der Waals surface area contributed by atoms with Crippen molar-refractivity contribution < 1.29 is 111 Å². The zero-order chi connectivity index (χ0) is 87.7. The summed E-state index contributed by atoms with van der Waals surface area (Å²) in [7, 11) is 5.99. The molecule has 0 saturated carbocycles. The number of carbonyl (C=O) groups excluding carboxylic acids is 14. The van der Waals surface area contributed by atoms with E-state index in [1.54, 1.807) is 104 Å². The number of urea groups is 1. The average molecular weight is 1650 g/mol. The molecule has 2 heterocycles. The van der Waals surface area contributed by atoms with Gasteiger partial charge in [0.15, 0.2) is 0 Å². The van der Waals surface area contributed by atoms with Gasteiger partial charge in [0.1, 0.15) is 55.6 Å². The van der Waals surface area contributed by atoms with Crippen molar-refractivity contribution in [2.24, 2.45) is 41.1 Å². The summed E-state index contributed by atoms with van der Waals surface area (Å²) in [6.45, 7) is 15.0. The van der Waals surface area contributed by atoms with Gasteiger partial charge in [0.05, 0.1) is 87.0 Å². The lowest BCUT2D eigenvalue weighted by Gasteiger charge is -2.41. The molecule has 0 unspecified atom stereocenters. The van der Waals surface area contributed by atoms with Crippen molar-refractivity contribution in [3.63, 3.8) is 0 Å². The number of aliphatic hydroxyl groups is 3. The summed E-state index contributed by atoms with van der Waals surface area (Å²) in [5.74, 6) is -11.6. The number of anilines is 1. The number of carboxylic acids is 1. The van der Waals surface area contributed by atoms with Gasteiger partial charge in [-0.25, -0.2) is 9.59 Å². The Balaban J connectivity index is 1.31. The number of primary amides is 1. The molecule has 17 atom stereocenters. The van der Waals surface area contributed by atoms with Crippen molar-refractivity contribution in [3.05, 3.63) is 65.7 Å². The van der Waals surface area contributed by atoms with Gasteiger partial charge in [-0.15, -0.1) is 0 Å². The molecular formula is C78H124N16O23. The molecule has 0 radical (unpaired) electrons. The van der Waals surface area contributed by atoms with E-state index in [0.29, 0.717) is 36.9 Å². The number of ether oxygens (including phenoxy) is 4. The van der Waals surface area contributed by atoms with Crippen LogP contribution in [0.4, 0.5) is 15.3 Å². The molecule has 2 aromatic carbocycles. The van der Waals surface area contributed by atoms with E-state index in [1.807, 2.05) is 25.2 Å². The zero-order valence-corrected chi connectivity index (χ0v) is 69.3. The molecule has 19 N–H and O–H groups in total. The third kappa shape index (κ3) is 31.6. The highest BCUT2D eigenvalue weighted by molar-refractivity contribution is 5.99. The Hall–Kier alpha value is -10.2. The smallest absolute Gasteiger partial charge is 0.410 e. The minimum atomic E-state index is -1.59. The van der Waals surface area contributed by atoms with Gasteiger partial charge < -0.3 is 119 Å². The summed E-state index contributed by atoms with van der Waals surface area (Å²) < 4.78 is 23.4. The number of methoxy groups -OCH3 is 2. The molecule has 0 aliphatic carbocycles. The number of nitrogens with zero attached hydrogens (tertiary/aromatic N) is 3. The highest BCUT2D eigenvalue weighted by Gasteiger charge is 2.46. The van der Waals surface area contributed by atoms with Crippen LogP contribution in [-0.2, 0) is 87.9 Å². The van der Waals surface area contributed by atoms with Gasteiger partial charge in [0.25, 0.3) is 0 Å². The molecule has 2 fully saturated rings. The molecule has 39 nitrogen and oxygen atoms in total. The summed E-state index contributed by atoms with van der Waals surface area (Å²) in [6.07, 6.45) is -8.28. The quantitative estimate of drug-likeness (QED) is 0.0327. The number of amides is 15. The van der Waals surface area contributed by atoms with Crippen molar-refractivity contribution in [3.8, 4) is 0 Å². The monoisotopic (exact) mass is 1650 g/mol. The molecule has 2 aliphatic rings. The minimum Gasteiger partial charge on any atom is -0.480 e. The first-order valence-corrected chi connectivity index (χ1v) is 39.4. The summed E-state index contributed by atoms with van der Waals surface area (Å²) in [6, 6.07) is 6.45. The van der Waals surface area contributed by atoms with Crippen LogP contribution in [0.1, 0.15) is 144 Å². The lowest BCUT2D eigenvalue weighted by atomic mass is 9.89. The molecular weight excluding hydrogens is 1530 g/mol. The third-order valence-corrected chi connectivity index (χ3v) is 20.7. The maximum absolute atomic E-state index is 14.9. The summed E-state index contributed by atoms with van der Waals surface area (Å²) in [5, 5.41) is 68.3. The molecule has 654 valence electrons. The maximum Gasteiger partial charge on any atom is 0.410 e. The molecule has 2 saturated heterocycles. The number of hydrogen-bond acceptors (Lipinski definition) is 23. The molecule has 2 aliphatic heterocycles. The number of benzene rings is 2. The van der Waals surface area contributed by atoms with Crippen LogP contribution in [0.2, 0.25) is 0 Å². The van der Waals surface area contributed by atoms with E-state index in [4.69, 9.17) is 35.5 Å². The zero-order valence-electron chi connectivity index (χ0n) is 69.3. The SMILES string of the molecule is CC[C@H](C)[C@@H]([C@@H](CC(=O)N1CCC[C@H]1[C@H](OC)[C@@H](C)C(=O)N[C@H](C)[C@@H](O)c1ccccc1)OC)N(C)C(=O)[C@@H](NC(=O)[C@H](C(C)C)N(C)C(=O)OCc1ccc(NC(=O)[C@H](CCCNC(N)=O)NC(=O)[C@@H](NC(=O)[C@@H](N)CCC(=O)NC[C@H]2O[C@@H](CC(=O)NCC(=O)NCC(=O)NCC(=O)NCC(=O)O)[C@H](O)[C@@H]2O)C(C)C)cc1)C(C)C. The fourth-order valence-corrected chi connectivity index (χ4v) is 13.7. The fourth-order valence-electron chi connectivity index (χ4n) is 13.7. The standard InChI is InChI=1S/C78H124N16O23/c1-15-44(8)66(53(114-13)34-61(100)94-32-20-24-52(94)70(115-14)45(9)71(106)87-46(10)67(103)48-21-17-16-18-22-48)92(11)76(111)64(42(4)5)91-75(110)65(43(6)7)93(12)78(113)116-40-47-25-27-49(28-26-47)88-73(108)51(23-19-31-81-77(80)112)89-74(109)63(41(2)3)90-72(107)50(79)29-30-56(95)82-35-55-69(105)68(104)54(117-55)33-57(96)83-36-58(97)84-37-59(98)85-38-60(99)86-39-62(101)102/h16-18,21-22,25-28,41-46,50-55,63-70,103-105H,15,19-20,23-24,29-40,79H2,1-14H3,(H,82,95)(H,83,96)(H,84,97)(H,85,98)(H,86,99)(H,87,106)(H,88,108)(H,89,109)(H,90,107)(H,91,110)(H,101,102)(H3,80,81,112)/t44-,45+,46+,50-,51-,52-,53+,54-,55+,63-,64-,65-,66-,67+,68-,69+,70+/m0/s1. The number of aliphatic hydroxyl groups excluding tert-OH is 3. The summed E-state index contributed by atoms with van der Waals surface area (Å²) >= 11 is 0. The van der Waals surface area contributed by atoms with Crippen LogP contribution in [0, 0.1) is 29.6 Å². The maximum atomic E-state index is 14.9. The third-order valence-electron chi connectivity index (χ3n) is 20.7. The van der Waals surface area contributed by atoms with Crippen LogP contribution >= 0.6 is 0 Å². The number of rotatable bonds is 48. The van der Waals surface area contributed by atoms with Gasteiger partial charge in [-0.3, -0.25) is 67.2 Å². The Kier molecular flexibility index (Phi) is 41.6. The Morgan fingerprint density at radius 2 is 1.21 bits per heavy atom. The highest BCUT2D eigenvalue weighted by atomic mass is 16.6. The van der Waals surface area contributed by atoms with E-state index in [1.165, 1.54) is 38.3 Å². The molecule has 15 amide bonds. The largest absolute Gasteiger partial charge is 0.480 e. The predicted octanol–water partition coefficient (Wildman–Crippen LogP) is -1.76. The van der Waals surface area contributed by atoms with Crippen molar-refractivity contribution in [1.82, 2.24) is 67.9 Å². The lowest BCUT2D eigenvalue weighted by molar-refractivity contribution is -0.148. The van der Waals surface area contributed by atoms with E-state index in [-0.39, 0.29) is 75.2 Å². The molecule has 117 heavy (non-hydrogen) atoms. The number of nitrogens with one attached hydrogen (secondary N) is 11. The fraction of sp³-hybridized carbons (Fsp3) is 0.654. The number of hydrogen-bond donors (Lipinski definition) is 17. The van der Waals surface area contributed by atoms with Crippen LogP contribution < -0.4 is 70.0 Å². The van der Waals surface area contributed by atoms with Crippen LogP contribution in [0.25, 0.3) is 0 Å². The van der Waals surface area contributed by atoms with Gasteiger partial charge in [0, 0.05) is 60.1 Å². The first kappa shape index (κ1) is 99.2. The Bertz CT molecular complexity index is 3650. The number of carbonyl (C=O) groups is 15. The molecule has 0 bridgehead atoms. The van der Waals surface area contributed by atoms with E-state index < -0.39 is 224 Å². The van der Waals surface area contributed by atoms with Crippen LogP contribution in [0.3, 0.4) is 0 Å². The van der Waals surface area contributed by atoms with Crippen molar-refractivity contribution in [1.29, 1.82) is 0 Å². The van der Waals surface area contributed by atoms with E-state index in [0.717, 1.165) is 4.90 Å². The summed E-state index contributed by atoms with van der Waals surface area (Å²) in [4.78, 5) is 201. The van der Waals surface area contributed by atoms with Crippen molar-refractivity contribution in [2.75, 3.05) is 79.4 Å². The van der Waals surface area contributed by atoms with Crippen molar-refractivity contribution in [2.45, 2.75) is 225 Å². The van der Waals surface area contributed by atoms with Gasteiger partial charge >= 0.3 is 18.1 Å². The molecule has 0 spiro atoms. The highest BCUT2D eigenvalue weighted by Crippen LogP contribution is 2.31. The van der Waals surface area contributed by atoms with Crippen LogP contribution in [0.15, 0.2) is 54.6 Å².